The molecule has 1 aromatic rings. The van der Waals surface area contributed by atoms with Crippen LogP contribution in [0.15, 0.2) is 18.2 Å². The number of carbonyl (C=O) groups is 1. The second-order valence-corrected chi connectivity index (χ2v) is 5.17. The van der Waals surface area contributed by atoms with Crippen LogP contribution in [0, 0.1) is 0 Å². The molecule has 0 saturated heterocycles. The molecule has 0 aromatic heterocycles. The zero-order valence-corrected chi connectivity index (χ0v) is 9.55. The smallest absolute Gasteiger partial charge is 0.163 e. The van der Waals surface area contributed by atoms with Gasteiger partial charge in [-0.15, -0.1) is 0 Å². The molecule has 2 rings (SSSR count). The number of Topliss-reactive ketones (excluding diaryl/α,β-unsaturated/α-hetero) is 1. The summed E-state index contributed by atoms with van der Waals surface area (Å²) < 4.78 is 0. The van der Waals surface area contributed by atoms with Gasteiger partial charge in [-0.05, 0) is 51.0 Å². The zero-order valence-electron chi connectivity index (χ0n) is 9.55. The molecule has 0 bridgehead atoms. The minimum atomic E-state index is 0.0663. The molecule has 0 heterocycles. The van der Waals surface area contributed by atoms with E-state index >= 15 is 0 Å². The lowest BCUT2D eigenvalue weighted by Crippen LogP contribution is -2.26. The Labute approximate surface area is 90.7 Å². The van der Waals surface area contributed by atoms with Crippen LogP contribution in [0.25, 0.3) is 0 Å². The van der Waals surface area contributed by atoms with Crippen molar-refractivity contribution in [3.8, 4) is 0 Å². The molecule has 1 N–H and O–H groups in total. The molecular formula is C13H17NO. The molecule has 0 radical (unpaired) electrons. The Morgan fingerprint density at radius 1 is 1.20 bits per heavy atom. The van der Waals surface area contributed by atoms with Gasteiger partial charge < -0.3 is 5.32 Å². The Morgan fingerprint density at radius 3 is 2.60 bits per heavy atom. The van der Waals surface area contributed by atoms with Crippen molar-refractivity contribution in [3.63, 3.8) is 0 Å². The van der Waals surface area contributed by atoms with Gasteiger partial charge in [0.05, 0.1) is 0 Å². The van der Waals surface area contributed by atoms with E-state index in [2.05, 4.69) is 32.2 Å². The molecule has 0 atom stereocenters. The third-order valence-electron chi connectivity index (χ3n) is 2.55. The lowest BCUT2D eigenvalue weighted by Gasteiger charge is -2.22. The summed E-state index contributed by atoms with van der Waals surface area (Å²) in [6.07, 6.45) is 1.57. The molecule has 0 saturated carbocycles. The van der Waals surface area contributed by atoms with E-state index in [9.17, 15) is 4.79 Å². The van der Waals surface area contributed by atoms with Gasteiger partial charge in [0.2, 0.25) is 0 Å². The highest BCUT2D eigenvalue weighted by atomic mass is 16.1. The summed E-state index contributed by atoms with van der Waals surface area (Å²) in [7, 11) is 0. The summed E-state index contributed by atoms with van der Waals surface area (Å²) in [6.45, 7) is 6.39. The van der Waals surface area contributed by atoms with Gasteiger partial charge in [-0.2, -0.15) is 0 Å². The second kappa shape index (κ2) is 3.37. The summed E-state index contributed by atoms with van der Waals surface area (Å²) in [4.78, 5) is 11.4. The fourth-order valence-corrected chi connectivity index (χ4v) is 1.97. The van der Waals surface area contributed by atoms with Crippen molar-refractivity contribution >= 4 is 11.5 Å². The van der Waals surface area contributed by atoms with Crippen molar-refractivity contribution in [2.45, 2.75) is 39.2 Å². The summed E-state index contributed by atoms with van der Waals surface area (Å²) in [6, 6.07) is 6.04. The van der Waals surface area contributed by atoms with E-state index in [-0.39, 0.29) is 11.3 Å². The summed E-state index contributed by atoms with van der Waals surface area (Å²) in [5.74, 6) is 0.285. The first-order chi connectivity index (χ1) is 6.96. The van der Waals surface area contributed by atoms with Crippen molar-refractivity contribution in [2.24, 2.45) is 0 Å². The second-order valence-electron chi connectivity index (χ2n) is 5.17. The van der Waals surface area contributed by atoms with Crippen LogP contribution < -0.4 is 5.32 Å². The lowest BCUT2D eigenvalue weighted by atomic mass is 10.1. The Morgan fingerprint density at radius 2 is 1.93 bits per heavy atom. The highest BCUT2D eigenvalue weighted by molar-refractivity contribution is 6.00. The van der Waals surface area contributed by atoms with Gasteiger partial charge in [0.25, 0.3) is 0 Å². The van der Waals surface area contributed by atoms with Crippen LogP contribution in [0.3, 0.4) is 0 Å². The van der Waals surface area contributed by atoms with Gasteiger partial charge in [0.1, 0.15) is 0 Å². The monoisotopic (exact) mass is 203 g/mol. The number of anilines is 1. The van der Waals surface area contributed by atoms with Gasteiger partial charge in [0, 0.05) is 23.2 Å². The molecule has 2 nitrogen and oxygen atoms in total. The summed E-state index contributed by atoms with van der Waals surface area (Å²) >= 11 is 0. The minimum Gasteiger partial charge on any atom is -0.380 e. The third kappa shape index (κ3) is 2.20. The van der Waals surface area contributed by atoms with E-state index in [4.69, 9.17) is 0 Å². The maximum atomic E-state index is 11.4. The van der Waals surface area contributed by atoms with Crippen molar-refractivity contribution < 1.29 is 4.79 Å². The van der Waals surface area contributed by atoms with E-state index in [1.807, 2.05) is 12.1 Å². The fraction of sp³-hybridized carbons (Fsp3) is 0.462. The van der Waals surface area contributed by atoms with Crippen molar-refractivity contribution in [3.05, 3.63) is 29.3 Å². The molecule has 0 amide bonds. The lowest BCUT2D eigenvalue weighted by molar-refractivity contribution is 0.0994. The molecule has 0 fully saturated rings. The van der Waals surface area contributed by atoms with Gasteiger partial charge in [-0.3, -0.25) is 4.79 Å². The molecule has 1 aromatic carbocycles. The average molecular weight is 203 g/mol. The molecule has 1 aliphatic rings. The largest absolute Gasteiger partial charge is 0.380 e. The number of hydrogen-bond donors (Lipinski definition) is 1. The quantitative estimate of drug-likeness (QED) is 0.760. The maximum Gasteiger partial charge on any atom is 0.163 e. The van der Waals surface area contributed by atoms with Crippen LogP contribution in [-0.2, 0) is 6.42 Å². The minimum absolute atomic E-state index is 0.0663. The predicted molar refractivity (Wildman–Crippen MR) is 62.5 cm³/mol. The van der Waals surface area contributed by atoms with E-state index in [1.165, 1.54) is 5.56 Å². The molecule has 0 spiro atoms. The number of aryl methyl sites for hydroxylation is 1. The first-order valence-electron chi connectivity index (χ1n) is 5.40. The van der Waals surface area contributed by atoms with E-state index in [0.29, 0.717) is 6.42 Å². The number of nitrogens with one attached hydrogen (secondary N) is 1. The van der Waals surface area contributed by atoms with Crippen molar-refractivity contribution in [2.75, 3.05) is 5.32 Å². The Balaban J connectivity index is 2.27. The number of hydrogen-bond acceptors (Lipinski definition) is 2. The first kappa shape index (κ1) is 10.2. The number of carbonyl (C=O) groups excluding carboxylic acids is 1. The Kier molecular flexibility index (Phi) is 2.29. The fourth-order valence-electron chi connectivity index (χ4n) is 1.97. The number of benzene rings is 1. The van der Waals surface area contributed by atoms with Gasteiger partial charge in [0.15, 0.2) is 5.78 Å². The van der Waals surface area contributed by atoms with Crippen LogP contribution >= 0.6 is 0 Å². The van der Waals surface area contributed by atoms with Crippen LogP contribution in [0.1, 0.15) is 43.1 Å². The van der Waals surface area contributed by atoms with Crippen LogP contribution in [0.5, 0.6) is 0 Å². The van der Waals surface area contributed by atoms with Crippen molar-refractivity contribution in [1.82, 2.24) is 0 Å². The average Bonchev–Trinajstić information content (AvgIpc) is 2.45. The number of fused-ring (bicyclic) bond motifs is 1. The van der Waals surface area contributed by atoms with Gasteiger partial charge in [-0.1, -0.05) is 0 Å². The molecule has 15 heavy (non-hydrogen) atoms. The maximum absolute atomic E-state index is 11.4. The molecule has 1 aliphatic carbocycles. The summed E-state index contributed by atoms with van der Waals surface area (Å²) in [5.41, 5.74) is 3.27. The molecule has 0 aliphatic heterocycles. The van der Waals surface area contributed by atoms with E-state index in [1.54, 1.807) is 0 Å². The van der Waals surface area contributed by atoms with Crippen molar-refractivity contribution in [1.29, 1.82) is 0 Å². The Bertz CT molecular complexity index is 401. The zero-order chi connectivity index (χ0) is 11.1. The van der Waals surface area contributed by atoms with E-state index in [0.717, 1.165) is 17.7 Å². The molecule has 80 valence electrons. The van der Waals surface area contributed by atoms with Gasteiger partial charge >= 0.3 is 0 Å². The molecular weight excluding hydrogens is 186 g/mol. The van der Waals surface area contributed by atoms with E-state index < -0.39 is 0 Å². The predicted octanol–water partition coefficient (Wildman–Crippen LogP) is 3.03. The van der Waals surface area contributed by atoms with Crippen LogP contribution in [0.2, 0.25) is 0 Å². The summed E-state index contributed by atoms with van der Waals surface area (Å²) in [5, 5.41) is 3.41. The standard InChI is InChI=1S/C13H17NO/c1-13(2,3)14-10-5-6-11-9(8-10)4-7-12(11)15/h5-6,8,14H,4,7H2,1-3H3. The molecule has 0 unspecified atom stereocenters. The van der Waals surface area contributed by atoms with Gasteiger partial charge in [-0.25, -0.2) is 0 Å². The Hall–Kier alpha value is -1.31. The first-order valence-corrected chi connectivity index (χ1v) is 5.40. The normalized spacial score (nSPS) is 15.3. The SMILES string of the molecule is CC(C)(C)Nc1ccc2c(c1)CCC2=O. The number of rotatable bonds is 1. The topological polar surface area (TPSA) is 29.1 Å². The van der Waals surface area contributed by atoms with Crippen LogP contribution in [-0.4, -0.2) is 11.3 Å². The highest BCUT2D eigenvalue weighted by Crippen LogP contribution is 2.26. The third-order valence-corrected chi connectivity index (χ3v) is 2.55. The van der Waals surface area contributed by atoms with Crippen LogP contribution in [0.4, 0.5) is 5.69 Å². The number of ketones is 1. The molecule has 2 heteroatoms. The highest BCUT2D eigenvalue weighted by Gasteiger charge is 2.20.